The van der Waals surface area contributed by atoms with Crippen LogP contribution in [0.25, 0.3) is 16.9 Å². The maximum atomic E-state index is 12.9. The number of ether oxygens (including phenoxy) is 1. The smallest absolute Gasteiger partial charge is 0.387 e. The van der Waals surface area contributed by atoms with Gasteiger partial charge in [0.2, 0.25) is 0 Å². The topological polar surface area (TPSA) is 111 Å². The summed E-state index contributed by atoms with van der Waals surface area (Å²) < 4.78 is 31.6. The van der Waals surface area contributed by atoms with E-state index in [0.29, 0.717) is 11.3 Å². The van der Waals surface area contributed by atoms with Crippen molar-refractivity contribution in [2.24, 2.45) is 7.05 Å². The van der Waals surface area contributed by atoms with Crippen LogP contribution in [0.2, 0.25) is 0 Å². The molecular formula is C19H19F2N5O4. The summed E-state index contributed by atoms with van der Waals surface area (Å²) in [5, 5.41) is 20.0. The van der Waals surface area contributed by atoms with Crippen molar-refractivity contribution >= 4 is 5.91 Å². The molecule has 0 saturated heterocycles. The predicted molar refractivity (Wildman–Crippen MR) is 103 cm³/mol. The third-order valence-corrected chi connectivity index (χ3v) is 4.12. The molecule has 2 heterocycles. The summed E-state index contributed by atoms with van der Waals surface area (Å²) in [6, 6.07) is 6.36. The number of halogens is 2. The molecule has 0 radical (unpaired) electrons. The average Bonchev–Trinajstić information content (AvgIpc) is 3.14. The monoisotopic (exact) mass is 419 g/mol. The third kappa shape index (κ3) is 4.69. The molecule has 2 N–H and O–H groups in total. The van der Waals surface area contributed by atoms with Gasteiger partial charge in [0.05, 0.1) is 24.7 Å². The molecule has 30 heavy (non-hydrogen) atoms. The zero-order chi connectivity index (χ0) is 21.8. The number of nitrogens with zero attached hydrogens (tertiary/aromatic N) is 4. The number of aliphatic hydroxyl groups is 1. The summed E-state index contributed by atoms with van der Waals surface area (Å²) >= 11 is 0. The largest absolute Gasteiger partial charge is 0.435 e. The minimum atomic E-state index is -2.95. The van der Waals surface area contributed by atoms with E-state index in [1.165, 1.54) is 41.2 Å². The molecule has 0 aliphatic rings. The number of aryl methyl sites for hydroxylation is 1. The normalized spacial score (nSPS) is 12.1. The van der Waals surface area contributed by atoms with E-state index in [9.17, 15) is 18.4 Å². The Morgan fingerprint density at radius 2 is 2.00 bits per heavy atom. The first-order chi connectivity index (χ1) is 14.3. The van der Waals surface area contributed by atoms with Crippen molar-refractivity contribution in [3.8, 4) is 22.7 Å². The Kier molecular flexibility index (Phi) is 6.21. The van der Waals surface area contributed by atoms with Crippen molar-refractivity contribution in [3.05, 3.63) is 58.6 Å². The lowest BCUT2D eigenvalue weighted by Gasteiger charge is -2.13. The quantitative estimate of drug-likeness (QED) is 0.598. The lowest BCUT2D eigenvalue weighted by molar-refractivity contribution is -0.0498. The molecule has 0 unspecified atom stereocenters. The molecule has 0 saturated carbocycles. The van der Waals surface area contributed by atoms with Gasteiger partial charge in [0.1, 0.15) is 17.0 Å². The molecule has 1 aromatic carbocycles. The standard InChI is InChI=1S/C19H19F2N5O4/c1-11(10-27)23-17(28)15-7-16(12-3-5-14(6-4-12)30-19(20)21)24-26(18(15)29)13-8-22-25(2)9-13/h3-9,11,19,27H,10H2,1-2H3,(H,23,28)/t11-/m0/s1. The molecule has 1 atom stereocenters. The highest BCUT2D eigenvalue weighted by atomic mass is 19.3. The van der Waals surface area contributed by atoms with Crippen molar-refractivity contribution in [1.29, 1.82) is 0 Å². The number of rotatable bonds is 7. The maximum absolute atomic E-state index is 12.9. The van der Waals surface area contributed by atoms with Crippen LogP contribution >= 0.6 is 0 Å². The van der Waals surface area contributed by atoms with Gasteiger partial charge in [-0.15, -0.1) is 0 Å². The number of carbonyl (C=O) groups excluding carboxylic acids is 1. The molecule has 0 fully saturated rings. The van der Waals surface area contributed by atoms with Crippen LogP contribution in [0.3, 0.4) is 0 Å². The van der Waals surface area contributed by atoms with E-state index >= 15 is 0 Å². The fraction of sp³-hybridized carbons (Fsp3) is 0.263. The number of hydrogen-bond acceptors (Lipinski definition) is 6. The minimum absolute atomic E-state index is 0.0379. The summed E-state index contributed by atoms with van der Waals surface area (Å²) in [5.74, 6) is -0.718. The van der Waals surface area contributed by atoms with Crippen molar-refractivity contribution in [3.63, 3.8) is 0 Å². The second-order valence-electron chi connectivity index (χ2n) is 6.49. The highest BCUT2D eigenvalue weighted by Gasteiger charge is 2.19. The fourth-order valence-corrected chi connectivity index (χ4v) is 2.65. The fourth-order valence-electron chi connectivity index (χ4n) is 2.65. The van der Waals surface area contributed by atoms with Crippen LogP contribution in [-0.2, 0) is 7.05 Å². The Morgan fingerprint density at radius 3 is 2.57 bits per heavy atom. The molecule has 11 heteroatoms. The van der Waals surface area contributed by atoms with Gasteiger partial charge in [-0.25, -0.2) is 0 Å². The van der Waals surface area contributed by atoms with E-state index < -0.39 is 24.1 Å². The van der Waals surface area contributed by atoms with Gasteiger partial charge >= 0.3 is 6.61 Å². The molecule has 1 amide bonds. The number of hydrogen-bond donors (Lipinski definition) is 2. The van der Waals surface area contributed by atoms with E-state index in [1.54, 1.807) is 20.2 Å². The molecule has 0 aliphatic heterocycles. The lowest BCUT2D eigenvalue weighted by Crippen LogP contribution is -2.39. The number of amides is 1. The number of aliphatic hydroxyl groups excluding tert-OH is 1. The molecule has 0 aliphatic carbocycles. The van der Waals surface area contributed by atoms with Gasteiger partial charge in [-0.2, -0.15) is 23.7 Å². The van der Waals surface area contributed by atoms with Crippen LogP contribution < -0.4 is 15.6 Å². The Balaban J connectivity index is 2.09. The number of nitrogens with one attached hydrogen (secondary N) is 1. The number of aromatic nitrogens is 4. The Morgan fingerprint density at radius 1 is 1.30 bits per heavy atom. The van der Waals surface area contributed by atoms with E-state index in [0.717, 1.165) is 4.68 Å². The second kappa shape index (κ2) is 8.82. The van der Waals surface area contributed by atoms with E-state index in [-0.39, 0.29) is 23.6 Å². The molecule has 0 bridgehead atoms. The van der Waals surface area contributed by atoms with E-state index in [1.807, 2.05) is 0 Å². The van der Waals surface area contributed by atoms with Gasteiger partial charge in [0.25, 0.3) is 11.5 Å². The van der Waals surface area contributed by atoms with Crippen molar-refractivity contribution in [1.82, 2.24) is 24.9 Å². The van der Waals surface area contributed by atoms with Gasteiger partial charge in [0.15, 0.2) is 0 Å². The summed E-state index contributed by atoms with van der Waals surface area (Å²) in [7, 11) is 1.66. The van der Waals surface area contributed by atoms with E-state index in [4.69, 9.17) is 5.11 Å². The predicted octanol–water partition coefficient (Wildman–Crippen LogP) is 1.34. The molecule has 3 rings (SSSR count). The Labute approximate surface area is 169 Å². The molecule has 9 nitrogen and oxygen atoms in total. The molecule has 3 aromatic rings. The zero-order valence-corrected chi connectivity index (χ0v) is 16.1. The Bertz CT molecular complexity index is 1100. The van der Waals surface area contributed by atoms with Crippen molar-refractivity contribution in [2.75, 3.05) is 6.61 Å². The van der Waals surface area contributed by atoms with Crippen LogP contribution in [0.5, 0.6) is 5.75 Å². The summed E-state index contributed by atoms with van der Waals surface area (Å²) in [6.07, 6.45) is 2.96. The van der Waals surface area contributed by atoms with Crippen molar-refractivity contribution < 1.29 is 23.4 Å². The van der Waals surface area contributed by atoms with Gasteiger partial charge in [0, 0.05) is 18.7 Å². The van der Waals surface area contributed by atoms with Crippen LogP contribution in [0.15, 0.2) is 47.5 Å². The Hall–Kier alpha value is -3.60. The zero-order valence-electron chi connectivity index (χ0n) is 16.1. The highest BCUT2D eigenvalue weighted by Crippen LogP contribution is 2.22. The van der Waals surface area contributed by atoms with Crippen LogP contribution in [0.1, 0.15) is 17.3 Å². The summed E-state index contributed by atoms with van der Waals surface area (Å²) in [6.45, 7) is -1.67. The first-order valence-electron chi connectivity index (χ1n) is 8.89. The second-order valence-corrected chi connectivity index (χ2v) is 6.49. The number of carbonyl (C=O) groups is 1. The van der Waals surface area contributed by atoms with Gasteiger partial charge in [-0.1, -0.05) is 0 Å². The van der Waals surface area contributed by atoms with Crippen molar-refractivity contribution in [2.45, 2.75) is 19.6 Å². The van der Waals surface area contributed by atoms with Gasteiger partial charge in [-0.05, 0) is 37.3 Å². The SMILES string of the molecule is C[C@@H](CO)NC(=O)c1cc(-c2ccc(OC(F)F)cc2)nn(-c2cnn(C)c2)c1=O. The van der Waals surface area contributed by atoms with Crippen LogP contribution in [0, 0.1) is 0 Å². The van der Waals surface area contributed by atoms with Gasteiger partial charge < -0.3 is 15.2 Å². The summed E-state index contributed by atoms with van der Waals surface area (Å²) in [5.41, 5.74) is 0.192. The molecule has 158 valence electrons. The maximum Gasteiger partial charge on any atom is 0.387 e. The molecule has 0 spiro atoms. The van der Waals surface area contributed by atoms with Crippen LogP contribution in [-0.4, -0.2) is 49.8 Å². The minimum Gasteiger partial charge on any atom is -0.435 e. The first-order valence-corrected chi connectivity index (χ1v) is 8.89. The lowest BCUT2D eigenvalue weighted by atomic mass is 10.1. The van der Waals surface area contributed by atoms with Gasteiger partial charge in [-0.3, -0.25) is 14.3 Å². The highest BCUT2D eigenvalue weighted by molar-refractivity contribution is 5.95. The average molecular weight is 419 g/mol. The third-order valence-electron chi connectivity index (χ3n) is 4.12. The number of benzene rings is 1. The number of alkyl halides is 2. The van der Waals surface area contributed by atoms with E-state index in [2.05, 4.69) is 20.3 Å². The summed E-state index contributed by atoms with van der Waals surface area (Å²) in [4.78, 5) is 25.5. The molecular weight excluding hydrogens is 400 g/mol. The first kappa shape index (κ1) is 21.1. The molecule has 2 aromatic heterocycles. The van der Waals surface area contributed by atoms with Crippen LogP contribution in [0.4, 0.5) is 8.78 Å².